The summed E-state index contributed by atoms with van der Waals surface area (Å²) in [6.45, 7) is 10.3. The molecule has 2 aliphatic rings. The zero-order chi connectivity index (χ0) is 30.0. The molecule has 226 valence electrons. The zero-order valence-electron chi connectivity index (χ0n) is 24.6. The predicted molar refractivity (Wildman–Crippen MR) is 155 cm³/mol. The lowest BCUT2D eigenvalue weighted by Gasteiger charge is -2.31. The molecule has 3 amide bonds. The molecule has 4 N–H and O–H groups in total. The Kier molecular flexibility index (Phi) is 11.1. The van der Waals surface area contributed by atoms with Gasteiger partial charge in [0.15, 0.2) is 0 Å². The number of hydrogen-bond donors (Lipinski definition) is 4. The topological polar surface area (TPSA) is 147 Å². The minimum absolute atomic E-state index is 0.0158. The van der Waals surface area contributed by atoms with E-state index in [9.17, 15) is 19.5 Å². The molecule has 1 aliphatic carbocycles. The normalized spacial score (nSPS) is 17.2. The molecule has 0 bridgehead atoms. The smallest absolute Gasteiger partial charge is 0.408 e. The Morgan fingerprint density at radius 3 is 2.37 bits per heavy atom. The van der Waals surface area contributed by atoms with E-state index in [4.69, 9.17) is 9.47 Å². The Morgan fingerprint density at radius 2 is 1.73 bits per heavy atom. The summed E-state index contributed by atoms with van der Waals surface area (Å²) in [5, 5.41) is 19.3. The third-order valence-corrected chi connectivity index (χ3v) is 6.44. The van der Waals surface area contributed by atoms with Gasteiger partial charge in [0.2, 0.25) is 11.8 Å². The molecule has 1 saturated heterocycles. The number of carbonyl (C=O) groups is 3. The van der Waals surface area contributed by atoms with Gasteiger partial charge in [0.05, 0.1) is 25.6 Å². The summed E-state index contributed by atoms with van der Waals surface area (Å²) in [7, 11) is 0. The second-order valence-electron chi connectivity index (χ2n) is 11.8. The lowest BCUT2D eigenvalue weighted by atomic mass is 10.0. The van der Waals surface area contributed by atoms with E-state index in [0.717, 1.165) is 25.9 Å². The molecule has 1 aliphatic heterocycles. The van der Waals surface area contributed by atoms with Crippen molar-refractivity contribution in [2.75, 3.05) is 31.6 Å². The summed E-state index contributed by atoms with van der Waals surface area (Å²) in [6.07, 6.45) is 14.8. The molecule has 41 heavy (non-hydrogen) atoms. The number of carbonyl (C=O) groups excluding carboxylic acids is 3. The fourth-order valence-electron chi connectivity index (χ4n) is 4.22. The van der Waals surface area contributed by atoms with Gasteiger partial charge in [0.1, 0.15) is 29.7 Å². The molecule has 1 aromatic rings. The maximum Gasteiger partial charge on any atom is 0.408 e. The highest BCUT2D eigenvalue weighted by atomic mass is 16.6. The van der Waals surface area contributed by atoms with Crippen LogP contribution in [0.1, 0.15) is 47.5 Å². The molecule has 12 nitrogen and oxygen atoms in total. The number of hydrogen-bond acceptors (Lipinski definition) is 8. The van der Waals surface area contributed by atoms with Crippen LogP contribution in [-0.2, 0) is 25.6 Å². The number of likely N-dealkylation sites (tertiary alicyclic amines) is 1. The molecular weight excluding hydrogens is 528 g/mol. The van der Waals surface area contributed by atoms with E-state index < -0.39 is 35.4 Å². The third-order valence-electron chi connectivity index (χ3n) is 6.44. The maximum absolute atomic E-state index is 13.2. The number of aliphatic hydroxyl groups is 1. The minimum Gasteiger partial charge on any atom is -0.444 e. The highest BCUT2D eigenvalue weighted by Crippen LogP contribution is 2.14. The van der Waals surface area contributed by atoms with E-state index in [2.05, 4.69) is 20.9 Å². The Morgan fingerprint density at radius 1 is 1.07 bits per heavy atom. The second-order valence-corrected chi connectivity index (χ2v) is 11.8. The molecule has 0 aromatic carbocycles. The van der Waals surface area contributed by atoms with Crippen LogP contribution in [0.4, 0.5) is 10.6 Å². The van der Waals surface area contributed by atoms with Crippen LogP contribution in [0.3, 0.4) is 0 Å². The van der Waals surface area contributed by atoms with E-state index in [-0.39, 0.29) is 25.0 Å². The Bertz CT molecular complexity index is 1110. The number of alkyl carbamates (subject to hydrolysis) is 1. The minimum atomic E-state index is -1.35. The van der Waals surface area contributed by atoms with Crippen LogP contribution in [0.5, 0.6) is 0 Å². The number of allylic oxidation sites excluding steroid dienone is 4. The van der Waals surface area contributed by atoms with Crippen molar-refractivity contribution in [1.82, 2.24) is 25.1 Å². The average molecular weight is 573 g/mol. The third kappa shape index (κ3) is 10.7. The molecule has 3 rings (SSSR count). The fourth-order valence-corrected chi connectivity index (χ4v) is 4.22. The van der Waals surface area contributed by atoms with Crippen molar-refractivity contribution in [3.05, 3.63) is 49.0 Å². The van der Waals surface area contributed by atoms with Crippen molar-refractivity contribution in [2.45, 2.75) is 77.4 Å². The monoisotopic (exact) mass is 572 g/mol. The van der Waals surface area contributed by atoms with Crippen molar-refractivity contribution in [2.24, 2.45) is 5.92 Å². The molecule has 1 unspecified atom stereocenters. The second kappa shape index (κ2) is 14.3. The Hall–Kier alpha value is -3.64. The highest BCUT2D eigenvalue weighted by molar-refractivity contribution is 5.89. The van der Waals surface area contributed by atoms with Crippen molar-refractivity contribution in [3.63, 3.8) is 0 Å². The van der Waals surface area contributed by atoms with Gasteiger partial charge in [-0.05, 0) is 47.5 Å². The molecule has 0 spiro atoms. The average Bonchev–Trinajstić information content (AvgIpc) is 3.49. The molecular formula is C29H44N6O6. The van der Waals surface area contributed by atoms with E-state index in [1.807, 2.05) is 41.4 Å². The number of nitrogens with one attached hydrogen (secondary N) is 3. The van der Waals surface area contributed by atoms with Crippen LogP contribution < -0.4 is 16.0 Å². The number of nitrogens with zero attached hydrogens (tertiary/aromatic N) is 3. The largest absolute Gasteiger partial charge is 0.444 e. The summed E-state index contributed by atoms with van der Waals surface area (Å²) in [4.78, 5) is 44.1. The zero-order valence-corrected chi connectivity index (χ0v) is 24.6. The van der Waals surface area contributed by atoms with E-state index in [0.29, 0.717) is 12.4 Å². The van der Waals surface area contributed by atoms with Crippen molar-refractivity contribution in [3.8, 4) is 0 Å². The summed E-state index contributed by atoms with van der Waals surface area (Å²) in [6, 6.07) is -0.907. The van der Waals surface area contributed by atoms with Crippen LogP contribution in [-0.4, -0.2) is 87.2 Å². The van der Waals surface area contributed by atoms with Crippen LogP contribution in [0, 0.1) is 5.92 Å². The van der Waals surface area contributed by atoms with Gasteiger partial charge >= 0.3 is 6.09 Å². The first-order valence-corrected chi connectivity index (χ1v) is 14.0. The predicted octanol–water partition coefficient (Wildman–Crippen LogP) is 2.34. The molecule has 0 radical (unpaired) electrons. The van der Waals surface area contributed by atoms with Crippen molar-refractivity contribution in [1.29, 1.82) is 0 Å². The summed E-state index contributed by atoms with van der Waals surface area (Å²) in [5.74, 6) is -0.168. The summed E-state index contributed by atoms with van der Waals surface area (Å²) >= 11 is 0. The number of aromatic nitrogens is 2. The van der Waals surface area contributed by atoms with Gasteiger partial charge in [0.25, 0.3) is 0 Å². The number of aliphatic hydroxyl groups excluding tert-OH is 1. The van der Waals surface area contributed by atoms with Crippen molar-refractivity contribution < 1.29 is 29.0 Å². The van der Waals surface area contributed by atoms with E-state index in [1.54, 1.807) is 31.5 Å². The van der Waals surface area contributed by atoms with Gasteiger partial charge in [-0.3, -0.25) is 9.59 Å². The Labute approximate surface area is 241 Å². The Balaban J connectivity index is 1.64. The summed E-state index contributed by atoms with van der Waals surface area (Å²) in [5.41, 5.74) is -2.08. The van der Waals surface area contributed by atoms with Gasteiger partial charge in [-0.15, -0.1) is 0 Å². The molecule has 12 heteroatoms. The lowest BCUT2D eigenvalue weighted by Crippen LogP contribution is -2.60. The number of imidazole rings is 1. The fraction of sp³-hybridized carbons (Fsp3) is 0.586. The molecule has 2 heterocycles. The number of ether oxygens (including phenoxy) is 2. The first-order valence-electron chi connectivity index (χ1n) is 14.0. The van der Waals surface area contributed by atoms with Crippen molar-refractivity contribution >= 4 is 23.7 Å². The number of rotatable bonds is 12. The molecule has 2 atom stereocenters. The van der Waals surface area contributed by atoms with E-state index in [1.165, 1.54) is 20.2 Å². The van der Waals surface area contributed by atoms with Crippen LogP contribution in [0.15, 0.2) is 49.0 Å². The first kappa shape index (κ1) is 31.9. The lowest BCUT2D eigenvalue weighted by molar-refractivity contribution is -0.130. The summed E-state index contributed by atoms with van der Waals surface area (Å²) < 4.78 is 12.8. The number of anilines is 1. The molecule has 1 fully saturated rings. The van der Waals surface area contributed by atoms with Crippen LogP contribution in [0.2, 0.25) is 0 Å². The van der Waals surface area contributed by atoms with Gasteiger partial charge in [-0.2, -0.15) is 0 Å². The molecule has 1 aromatic heterocycles. The molecule has 0 saturated carbocycles. The highest BCUT2D eigenvalue weighted by Gasteiger charge is 2.34. The van der Waals surface area contributed by atoms with Crippen LogP contribution in [0.25, 0.3) is 0 Å². The van der Waals surface area contributed by atoms with Gasteiger partial charge in [0, 0.05) is 25.2 Å². The van der Waals surface area contributed by atoms with Gasteiger partial charge in [-0.1, -0.05) is 36.5 Å². The SMILES string of the molecule is CC(C)(C)OC(=O)NC(C)(C)C(=O)N[C@H](COCC1C=CC=CC=C1)C(O)Nc1cn(CC(=O)N2CCCC2)cn1. The maximum atomic E-state index is 13.2. The van der Waals surface area contributed by atoms with Gasteiger partial charge in [-0.25, -0.2) is 9.78 Å². The standard InChI is InChI=1S/C29H44N6O6/c1-28(2,3)41-27(39)33-29(4,5)26(38)31-22(19-40-18-21-12-8-6-7-9-13-21)25(37)32-23-16-34(20-30-23)17-24(36)35-14-10-11-15-35/h6-9,12-13,16,20-22,25,32,37H,10-11,14-15,17-19H2,1-5H3,(H,31,38)(H,33,39)/t22-,25?/m1/s1. The van der Waals surface area contributed by atoms with Gasteiger partial charge < -0.3 is 40.0 Å². The number of amides is 3. The van der Waals surface area contributed by atoms with E-state index >= 15 is 0 Å². The van der Waals surface area contributed by atoms with Crippen LogP contribution >= 0.6 is 0 Å². The first-order chi connectivity index (χ1) is 19.3. The quantitative estimate of drug-likeness (QED) is 0.279.